The molecule has 0 aromatic rings. The fourth-order valence-electron chi connectivity index (χ4n) is 0.963. The van der Waals surface area contributed by atoms with Crippen LogP contribution in [-0.4, -0.2) is 35.3 Å². The lowest BCUT2D eigenvalue weighted by Crippen LogP contribution is -2.37. The molecule has 2 nitrogen and oxygen atoms in total. The summed E-state index contributed by atoms with van der Waals surface area (Å²) in [4.78, 5) is 0. The Morgan fingerprint density at radius 2 is 1.27 bits per heavy atom. The normalized spacial score (nSPS) is 15.8. The van der Waals surface area contributed by atoms with Gasteiger partial charge in [-0.05, 0) is 12.8 Å². The first kappa shape index (κ1) is 14.5. The summed E-state index contributed by atoms with van der Waals surface area (Å²) in [5.41, 5.74) is 0. The second-order valence-corrected chi connectivity index (χ2v) is 3.05. The van der Waals surface area contributed by atoms with E-state index in [1.807, 2.05) is 0 Å². The smallest absolute Gasteiger partial charge is 0.394 e. The minimum atomic E-state index is -5.38. The van der Waals surface area contributed by atoms with Crippen molar-refractivity contribution in [2.24, 2.45) is 5.92 Å². The summed E-state index contributed by atoms with van der Waals surface area (Å²) >= 11 is 0. The van der Waals surface area contributed by atoms with Crippen molar-refractivity contribution in [2.75, 3.05) is 6.61 Å². The SMILES string of the molecule is OCC(O)CCC(C(F)(F)F)C(F)(F)F. The largest absolute Gasteiger partial charge is 0.400 e. The molecule has 0 saturated carbocycles. The predicted octanol–water partition coefficient (Wildman–Crippen LogP) is 1.86. The lowest BCUT2D eigenvalue weighted by molar-refractivity contribution is -0.286. The number of hydrogen-bond acceptors (Lipinski definition) is 2. The van der Waals surface area contributed by atoms with Crippen molar-refractivity contribution in [1.82, 2.24) is 0 Å². The van der Waals surface area contributed by atoms with Gasteiger partial charge in [-0.3, -0.25) is 0 Å². The molecule has 0 aliphatic heterocycles. The third-order valence-corrected chi connectivity index (χ3v) is 1.79. The first-order chi connectivity index (χ1) is 6.59. The Morgan fingerprint density at radius 1 is 0.867 bits per heavy atom. The molecular weight excluding hydrogens is 230 g/mol. The zero-order chi connectivity index (χ0) is 12.3. The molecule has 0 aliphatic carbocycles. The molecule has 1 unspecified atom stereocenters. The average molecular weight is 240 g/mol. The lowest BCUT2D eigenvalue weighted by atomic mass is 10.00. The van der Waals surface area contributed by atoms with Gasteiger partial charge < -0.3 is 10.2 Å². The summed E-state index contributed by atoms with van der Waals surface area (Å²) in [7, 11) is 0. The molecule has 92 valence electrons. The van der Waals surface area contributed by atoms with Crippen LogP contribution in [-0.2, 0) is 0 Å². The molecule has 8 heteroatoms. The van der Waals surface area contributed by atoms with Gasteiger partial charge in [0.05, 0.1) is 12.7 Å². The van der Waals surface area contributed by atoms with Gasteiger partial charge in [-0.15, -0.1) is 0 Å². The molecule has 0 aromatic carbocycles. The number of aliphatic hydroxyl groups is 2. The average Bonchev–Trinajstić information content (AvgIpc) is 1.99. The molecule has 0 radical (unpaired) electrons. The molecule has 0 spiro atoms. The maximum absolute atomic E-state index is 11.9. The van der Waals surface area contributed by atoms with Crippen LogP contribution in [0, 0.1) is 5.92 Å². The van der Waals surface area contributed by atoms with Gasteiger partial charge in [0.1, 0.15) is 0 Å². The van der Waals surface area contributed by atoms with Gasteiger partial charge in [-0.1, -0.05) is 0 Å². The van der Waals surface area contributed by atoms with Gasteiger partial charge in [0, 0.05) is 0 Å². The quantitative estimate of drug-likeness (QED) is 0.736. The summed E-state index contributed by atoms with van der Waals surface area (Å²) < 4.78 is 71.4. The molecule has 0 bridgehead atoms. The predicted molar refractivity (Wildman–Crippen MR) is 37.9 cm³/mol. The van der Waals surface area contributed by atoms with Crippen LogP contribution in [0.4, 0.5) is 26.3 Å². The zero-order valence-corrected chi connectivity index (χ0v) is 7.44. The van der Waals surface area contributed by atoms with Crippen molar-refractivity contribution < 1.29 is 36.6 Å². The third-order valence-electron chi connectivity index (χ3n) is 1.79. The van der Waals surface area contributed by atoms with Crippen LogP contribution in [0.1, 0.15) is 12.8 Å². The first-order valence-electron chi connectivity index (χ1n) is 4.01. The van der Waals surface area contributed by atoms with Crippen molar-refractivity contribution in [3.8, 4) is 0 Å². The van der Waals surface area contributed by atoms with Gasteiger partial charge in [0.25, 0.3) is 0 Å². The molecule has 1 atom stereocenters. The number of alkyl halides is 6. The van der Waals surface area contributed by atoms with Gasteiger partial charge >= 0.3 is 12.4 Å². The maximum Gasteiger partial charge on any atom is 0.400 e. The van der Waals surface area contributed by atoms with Crippen LogP contribution in [0.2, 0.25) is 0 Å². The molecule has 0 aliphatic rings. The van der Waals surface area contributed by atoms with E-state index in [9.17, 15) is 26.3 Å². The van der Waals surface area contributed by atoms with Crippen LogP contribution in [0.15, 0.2) is 0 Å². The minimum Gasteiger partial charge on any atom is -0.394 e. The van der Waals surface area contributed by atoms with E-state index in [2.05, 4.69) is 0 Å². The second kappa shape index (κ2) is 5.02. The number of halogens is 6. The monoisotopic (exact) mass is 240 g/mol. The van der Waals surface area contributed by atoms with Crippen molar-refractivity contribution in [2.45, 2.75) is 31.3 Å². The Hall–Kier alpha value is -0.500. The van der Waals surface area contributed by atoms with E-state index in [4.69, 9.17) is 10.2 Å². The Bertz CT molecular complexity index is 173. The minimum absolute atomic E-state index is 0.750. The fourth-order valence-corrected chi connectivity index (χ4v) is 0.963. The van der Waals surface area contributed by atoms with Crippen molar-refractivity contribution in [3.05, 3.63) is 0 Å². The fraction of sp³-hybridized carbons (Fsp3) is 1.00. The van der Waals surface area contributed by atoms with Crippen LogP contribution < -0.4 is 0 Å². The molecule has 0 fully saturated rings. The second-order valence-electron chi connectivity index (χ2n) is 3.05. The summed E-state index contributed by atoms with van der Waals surface area (Å²) in [6.45, 7) is -0.859. The summed E-state index contributed by atoms with van der Waals surface area (Å²) in [5, 5.41) is 16.9. The van der Waals surface area contributed by atoms with Crippen LogP contribution in [0.5, 0.6) is 0 Å². The molecule has 0 heterocycles. The highest BCUT2D eigenvalue weighted by atomic mass is 19.4. The number of rotatable bonds is 4. The van der Waals surface area contributed by atoms with E-state index < -0.39 is 43.8 Å². The van der Waals surface area contributed by atoms with Crippen molar-refractivity contribution >= 4 is 0 Å². The highest BCUT2D eigenvalue weighted by Crippen LogP contribution is 2.42. The van der Waals surface area contributed by atoms with E-state index in [0.717, 1.165) is 0 Å². The molecule has 0 aromatic heterocycles. The lowest BCUT2D eigenvalue weighted by Gasteiger charge is -2.23. The van der Waals surface area contributed by atoms with Crippen LogP contribution in [0.3, 0.4) is 0 Å². The highest BCUT2D eigenvalue weighted by Gasteiger charge is 2.55. The van der Waals surface area contributed by atoms with E-state index >= 15 is 0 Å². The third kappa shape index (κ3) is 5.22. The van der Waals surface area contributed by atoms with Crippen molar-refractivity contribution in [1.29, 1.82) is 0 Å². The summed E-state index contributed by atoms with van der Waals surface area (Å²) in [5.74, 6) is -3.45. The standard InChI is InChI=1S/C7H10F6O2/c8-6(9,10)5(7(11,12)13)2-1-4(15)3-14/h4-5,14-15H,1-3H2. The highest BCUT2D eigenvalue weighted by molar-refractivity contribution is 4.76. The first-order valence-corrected chi connectivity index (χ1v) is 4.01. The zero-order valence-electron chi connectivity index (χ0n) is 7.44. The maximum atomic E-state index is 11.9. The van der Waals surface area contributed by atoms with Crippen molar-refractivity contribution in [3.63, 3.8) is 0 Å². The van der Waals surface area contributed by atoms with E-state index in [-0.39, 0.29) is 0 Å². The molecule has 15 heavy (non-hydrogen) atoms. The molecular formula is C7H10F6O2. The van der Waals surface area contributed by atoms with Gasteiger partial charge in [-0.2, -0.15) is 26.3 Å². The summed E-state index contributed by atoms with van der Waals surface area (Å²) in [6, 6.07) is 0. The molecule has 2 N–H and O–H groups in total. The summed E-state index contributed by atoms with van der Waals surface area (Å²) in [6.07, 6.45) is -14.4. The van der Waals surface area contributed by atoms with Gasteiger partial charge in [-0.25, -0.2) is 0 Å². The number of hydrogen-bond donors (Lipinski definition) is 2. The topological polar surface area (TPSA) is 40.5 Å². The number of aliphatic hydroxyl groups excluding tert-OH is 2. The Kier molecular flexibility index (Phi) is 4.85. The Labute approximate surface area is 81.5 Å². The van der Waals surface area contributed by atoms with E-state index in [0.29, 0.717) is 0 Å². The van der Waals surface area contributed by atoms with Crippen LogP contribution in [0.25, 0.3) is 0 Å². The molecule has 0 amide bonds. The van der Waals surface area contributed by atoms with E-state index in [1.54, 1.807) is 0 Å². The Morgan fingerprint density at radius 3 is 1.53 bits per heavy atom. The Balaban J connectivity index is 4.42. The van der Waals surface area contributed by atoms with Crippen LogP contribution >= 0.6 is 0 Å². The molecule has 0 rings (SSSR count). The van der Waals surface area contributed by atoms with Gasteiger partial charge in [0.2, 0.25) is 0 Å². The van der Waals surface area contributed by atoms with E-state index in [1.165, 1.54) is 0 Å². The molecule has 0 saturated heterocycles. The van der Waals surface area contributed by atoms with Gasteiger partial charge in [0.15, 0.2) is 5.92 Å².